The lowest BCUT2D eigenvalue weighted by atomic mass is 9.74. The van der Waals surface area contributed by atoms with Crippen molar-refractivity contribution in [2.24, 2.45) is 17.8 Å². The second kappa shape index (κ2) is 10.4. The molecule has 4 heteroatoms. The molecule has 1 aromatic carbocycles. The molecule has 1 saturated carbocycles. The van der Waals surface area contributed by atoms with Gasteiger partial charge < -0.3 is 4.74 Å². The summed E-state index contributed by atoms with van der Waals surface area (Å²) in [5.74, 6) is 3.39. The molecule has 150 valence electrons. The SMILES string of the molecule is CCC[Si@H]1CC[C@H]([C@H]2CC[C@H](COc3ccc(C=C(F)F)cc3)CC2)CC1. The highest BCUT2D eigenvalue weighted by Gasteiger charge is 2.31. The molecule has 0 spiro atoms. The molecular weight excluding hydrogens is 358 g/mol. The molecule has 0 aromatic heterocycles. The summed E-state index contributed by atoms with van der Waals surface area (Å²) in [4.78, 5) is 0. The second-order valence-corrected chi connectivity index (χ2v) is 12.1. The van der Waals surface area contributed by atoms with E-state index in [2.05, 4.69) is 6.92 Å². The van der Waals surface area contributed by atoms with Crippen LogP contribution in [0.2, 0.25) is 18.1 Å². The Hall–Kier alpha value is -1.16. The Labute approximate surface area is 164 Å². The molecule has 2 fully saturated rings. The first-order valence-corrected chi connectivity index (χ1v) is 13.3. The third-order valence-electron chi connectivity index (χ3n) is 6.79. The molecule has 0 amide bonds. The van der Waals surface area contributed by atoms with Crippen molar-refractivity contribution in [3.05, 3.63) is 35.9 Å². The molecule has 1 heterocycles. The lowest BCUT2D eigenvalue weighted by Gasteiger charge is -2.37. The molecule has 0 unspecified atom stereocenters. The number of benzene rings is 1. The van der Waals surface area contributed by atoms with Gasteiger partial charge in [0.05, 0.1) is 6.61 Å². The first-order chi connectivity index (χ1) is 13.1. The van der Waals surface area contributed by atoms with Crippen LogP contribution in [0.5, 0.6) is 5.75 Å². The molecule has 1 aromatic rings. The zero-order chi connectivity index (χ0) is 19.1. The van der Waals surface area contributed by atoms with Gasteiger partial charge in [-0.25, -0.2) is 0 Å². The van der Waals surface area contributed by atoms with E-state index in [1.54, 1.807) is 42.4 Å². The fourth-order valence-electron chi connectivity index (χ4n) is 5.18. The largest absolute Gasteiger partial charge is 0.493 e. The molecule has 1 saturated heterocycles. The van der Waals surface area contributed by atoms with Gasteiger partial charge in [0.15, 0.2) is 0 Å². The Balaban J connectivity index is 1.37. The molecular formula is C23H34F2OSi. The van der Waals surface area contributed by atoms with E-state index < -0.39 is 6.08 Å². The summed E-state index contributed by atoms with van der Waals surface area (Å²) in [5, 5.41) is 0. The highest BCUT2D eigenvalue weighted by Crippen LogP contribution is 2.41. The predicted molar refractivity (Wildman–Crippen MR) is 112 cm³/mol. The van der Waals surface area contributed by atoms with Crippen molar-refractivity contribution in [1.82, 2.24) is 0 Å². The van der Waals surface area contributed by atoms with E-state index in [1.807, 2.05) is 0 Å². The van der Waals surface area contributed by atoms with Gasteiger partial charge in [-0.1, -0.05) is 56.5 Å². The van der Waals surface area contributed by atoms with Crippen LogP contribution in [0.1, 0.15) is 57.4 Å². The number of rotatable bonds is 7. The van der Waals surface area contributed by atoms with Gasteiger partial charge in [0.1, 0.15) is 5.75 Å². The highest BCUT2D eigenvalue weighted by atomic mass is 28.3. The Kier molecular flexibility index (Phi) is 7.92. The van der Waals surface area contributed by atoms with Crippen LogP contribution in [-0.4, -0.2) is 15.4 Å². The molecule has 27 heavy (non-hydrogen) atoms. The molecule has 1 aliphatic carbocycles. The van der Waals surface area contributed by atoms with Gasteiger partial charge in [-0.15, -0.1) is 0 Å². The Morgan fingerprint density at radius 2 is 1.63 bits per heavy atom. The summed E-state index contributed by atoms with van der Waals surface area (Å²) >= 11 is 0. The Morgan fingerprint density at radius 1 is 1.00 bits per heavy atom. The lowest BCUT2D eigenvalue weighted by molar-refractivity contribution is 0.148. The Bertz CT molecular complexity index is 581. The highest BCUT2D eigenvalue weighted by molar-refractivity contribution is 6.58. The maximum absolute atomic E-state index is 12.3. The first-order valence-electron chi connectivity index (χ1n) is 10.9. The normalized spacial score (nSPS) is 28.6. The Morgan fingerprint density at radius 3 is 2.22 bits per heavy atom. The van der Waals surface area contributed by atoms with Crippen LogP contribution in [-0.2, 0) is 0 Å². The summed E-state index contributed by atoms with van der Waals surface area (Å²) in [5.41, 5.74) is 0.513. The van der Waals surface area contributed by atoms with E-state index in [1.165, 1.54) is 44.9 Å². The summed E-state index contributed by atoms with van der Waals surface area (Å²) in [6.45, 7) is 3.10. The average Bonchev–Trinajstić information content (AvgIpc) is 2.68. The van der Waals surface area contributed by atoms with Crippen LogP contribution in [0.4, 0.5) is 8.78 Å². The average molecular weight is 393 g/mol. The van der Waals surface area contributed by atoms with Crippen molar-refractivity contribution in [3.63, 3.8) is 0 Å². The smallest absolute Gasteiger partial charge is 0.270 e. The minimum Gasteiger partial charge on any atom is -0.493 e. The van der Waals surface area contributed by atoms with Crippen LogP contribution in [0.25, 0.3) is 6.08 Å². The monoisotopic (exact) mass is 392 g/mol. The van der Waals surface area contributed by atoms with Crippen molar-refractivity contribution in [2.75, 3.05) is 6.61 Å². The summed E-state index contributed by atoms with van der Waals surface area (Å²) in [7, 11) is -0.355. The van der Waals surface area contributed by atoms with Crippen molar-refractivity contribution >= 4 is 14.9 Å². The molecule has 0 N–H and O–H groups in total. The molecule has 0 atom stereocenters. The van der Waals surface area contributed by atoms with Crippen LogP contribution >= 0.6 is 0 Å². The molecule has 0 bridgehead atoms. The van der Waals surface area contributed by atoms with Gasteiger partial charge in [-0.05, 0) is 61.1 Å². The van der Waals surface area contributed by atoms with Crippen molar-refractivity contribution in [2.45, 2.75) is 70.0 Å². The minimum absolute atomic E-state index is 0.355. The van der Waals surface area contributed by atoms with Crippen LogP contribution in [0.15, 0.2) is 30.3 Å². The third kappa shape index (κ3) is 6.44. The van der Waals surface area contributed by atoms with E-state index >= 15 is 0 Å². The van der Waals surface area contributed by atoms with Gasteiger partial charge in [0, 0.05) is 14.9 Å². The molecule has 0 radical (unpaired) electrons. The third-order valence-corrected chi connectivity index (χ3v) is 10.5. The van der Waals surface area contributed by atoms with E-state index in [9.17, 15) is 8.78 Å². The summed E-state index contributed by atoms with van der Waals surface area (Å²) < 4.78 is 30.5. The molecule has 1 nitrogen and oxygen atoms in total. The van der Waals surface area contributed by atoms with Crippen LogP contribution in [0, 0.1) is 17.8 Å². The van der Waals surface area contributed by atoms with Crippen molar-refractivity contribution in [3.8, 4) is 5.75 Å². The van der Waals surface area contributed by atoms with Gasteiger partial charge >= 0.3 is 0 Å². The predicted octanol–water partition coefficient (Wildman–Crippen LogP) is 7.16. The van der Waals surface area contributed by atoms with Gasteiger partial charge in [-0.3, -0.25) is 0 Å². The quantitative estimate of drug-likeness (QED) is 0.447. The zero-order valence-corrected chi connectivity index (χ0v) is 17.8. The first kappa shape index (κ1) is 20.6. The fraction of sp³-hybridized carbons (Fsp3) is 0.652. The van der Waals surface area contributed by atoms with Crippen LogP contribution in [0.3, 0.4) is 0 Å². The minimum atomic E-state index is -1.67. The van der Waals surface area contributed by atoms with E-state index in [4.69, 9.17) is 4.74 Å². The number of ether oxygens (including phenoxy) is 1. The van der Waals surface area contributed by atoms with Crippen molar-refractivity contribution < 1.29 is 13.5 Å². The maximum Gasteiger partial charge on any atom is 0.270 e. The standard InChI is InChI=1S/C23H34F2OSi/c1-2-13-27-14-11-21(12-15-27)20-7-3-19(4-8-20)17-26-22-9-5-18(6-10-22)16-23(24)25/h5-6,9-10,16,19-21,27H,2-4,7-8,11-15,17H2,1H3/t19-,20-,21-,27-. The number of hydrogen-bond donors (Lipinski definition) is 0. The summed E-state index contributed by atoms with van der Waals surface area (Å²) in [6.07, 6.45) is 8.96. The molecule has 2 aliphatic rings. The zero-order valence-electron chi connectivity index (χ0n) is 16.6. The van der Waals surface area contributed by atoms with Gasteiger partial charge in [0.25, 0.3) is 6.08 Å². The number of halogens is 2. The number of hydrogen-bond acceptors (Lipinski definition) is 1. The van der Waals surface area contributed by atoms with E-state index in [0.717, 1.165) is 30.3 Å². The maximum atomic E-state index is 12.3. The van der Waals surface area contributed by atoms with Gasteiger partial charge in [0.2, 0.25) is 0 Å². The molecule has 3 rings (SSSR count). The van der Waals surface area contributed by atoms with Crippen molar-refractivity contribution in [1.29, 1.82) is 0 Å². The fourth-order valence-corrected chi connectivity index (χ4v) is 8.66. The van der Waals surface area contributed by atoms with Crippen LogP contribution < -0.4 is 4.74 Å². The van der Waals surface area contributed by atoms with E-state index in [-0.39, 0.29) is 8.80 Å². The van der Waals surface area contributed by atoms with Gasteiger partial charge in [-0.2, -0.15) is 8.78 Å². The lowest BCUT2D eigenvalue weighted by Crippen LogP contribution is -2.29. The molecule has 1 aliphatic heterocycles. The second-order valence-electron chi connectivity index (χ2n) is 8.66. The summed E-state index contributed by atoms with van der Waals surface area (Å²) in [6, 6.07) is 11.7. The van der Waals surface area contributed by atoms with E-state index in [0.29, 0.717) is 11.5 Å². The topological polar surface area (TPSA) is 9.23 Å².